The lowest BCUT2D eigenvalue weighted by Gasteiger charge is -2.37. The maximum atomic E-state index is 5.40. The monoisotopic (exact) mass is 227 g/mol. The van der Waals surface area contributed by atoms with Crippen LogP contribution in [0.3, 0.4) is 0 Å². The van der Waals surface area contributed by atoms with Crippen molar-refractivity contribution in [3.63, 3.8) is 0 Å². The Balaban J connectivity index is 2.54. The largest absolute Gasteiger partial charge is 0.382 e. The summed E-state index contributed by atoms with van der Waals surface area (Å²) in [6.07, 6.45) is 8.54. The standard InChI is InChI=1S/C14H29NO/c1-5-12-8-6-7-9-13(12)14(15-3)10-11(2)16-4/h11-15H,5-10H2,1-4H3. The summed E-state index contributed by atoms with van der Waals surface area (Å²) in [4.78, 5) is 0. The molecule has 0 heterocycles. The number of nitrogens with one attached hydrogen (secondary N) is 1. The summed E-state index contributed by atoms with van der Waals surface area (Å²) in [6, 6.07) is 0.639. The summed E-state index contributed by atoms with van der Waals surface area (Å²) in [6.45, 7) is 4.52. The highest BCUT2D eigenvalue weighted by Gasteiger charge is 2.30. The van der Waals surface area contributed by atoms with Gasteiger partial charge in [0.1, 0.15) is 0 Å². The maximum Gasteiger partial charge on any atom is 0.0558 e. The van der Waals surface area contributed by atoms with Crippen molar-refractivity contribution in [3.8, 4) is 0 Å². The van der Waals surface area contributed by atoms with E-state index in [0.717, 1.165) is 18.3 Å². The van der Waals surface area contributed by atoms with Crippen LogP contribution in [-0.4, -0.2) is 26.3 Å². The van der Waals surface area contributed by atoms with Crippen molar-refractivity contribution in [2.45, 2.75) is 64.5 Å². The fourth-order valence-corrected chi connectivity index (χ4v) is 3.23. The highest BCUT2D eigenvalue weighted by atomic mass is 16.5. The molecular formula is C14H29NO. The number of ether oxygens (including phenoxy) is 1. The first-order valence-electron chi connectivity index (χ1n) is 6.92. The second kappa shape index (κ2) is 7.29. The molecule has 0 aliphatic heterocycles. The predicted molar refractivity (Wildman–Crippen MR) is 69.7 cm³/mol. The van der Waals surface area contributed by atoms with E-state index in [9.17, 15) is 0 Å². The zero-order valence-corrected chi connectivity index (χ0v) is 11.5. The van der Waals surface area contributed by atoms with E-state index in [2.05, 4.69) is 26.2 Å². The predicted octanol–water partition coefficient (Wildman–Crippen LogP) is 3.22. The molecule has 0 aromatic heterocycles. The van der Waals surface area contributed by atoms with Crippen LogP contribution in [0, 0.1) is 11.8 Å². The summed E-state index contributed by atoms with van der Waals surface area (Å²) in [5.74, 6) is 1.79. The Morgan fingerprint density at radius 2 is 2.00 bits per heavy atom. The van der Waals surface area contributed by atoms with Gasteiger partial charge in [-0.3, -0.25) is 0 Å². The van der Waals surface area contributed by atoms with Crippen LogP contribution in [0.15, 0.2) is 0 Å². The summed E-state index contributed by atoms with van der Waals surface area (Å²) in [7, 11) is 3.92. The molecule has 0 bridgehead atoms. The third kappa shape index (κ3) is 3.74. The molecule has 1 N–H and O–H groups in total. The van der Waals surface area contributed by atoms with Crippen LogP contribution >= 0.6 is 0 Å². The second-order valence-electron chi connectivity index (χ2n) is 5.29. The molecule has 1 fully saturated rings. The van der Waals surface area contributed by atoms with Gasteiger partial charge < -0.3 is 10.1 Å². The Morgan fingerprint density at radius 3 is 2.56 bits per heavy atom. The normalized spacial score (nSPS) is 30.0. The first-order chi connectivity index (χ1) is 7.72. The van der Waals surface area contributed by atoms with E-state index in [4.69, 9.17) is 4.74 Å². The lowest BCUT2D eigenvalue weighted by atomic mass is 9.73. The van der Waals surface area contributed by atoms with Gasteiger partial charge in [-0.05, 0) is 38.6 Å². The summed E-state index contributed by atoms with van der Waals surface area (Å²) < 4.78 is 5.40. The van der Waals surface area contributed by atoms with Gasteiger partial charge in [-0.1, -0.05) is 32.6 Å². The van der Waals surface area contributed by atoms with Gasteiger partial charge in [0.2, 0.25) is 0 Å². The molecule has 0 aromatic carbocycles. The van der Waals surface area contributed by atoms with Crippen LogP contribution in [-0.2, 0) is 4.74 Å². The minimum absolute atomic E-state index is 0.372. The third-order valence-electron chi connectivity index (χ3n) is 4.37. The SMILES string of the molecule is CCC1CCCCC1C(CC(C)OC)NC. The minimum atomic E-state index is 0.372. The Bertz CT molecular complexity index is 184. The van der Waals surface area contributed by atoms with Crippen LogP contribution in [0.1, 0.15) is 52.4 Å². The van der Waals surface area contributed by atoms with Gasteiger partial charge in [-0.25, -0.2) is 0 Å². The van der Waals surface area contributed by atoms with Crippen molar-refractivity contribution in [3.05, 3.63) is 0 Å². The summed E-state index contributed by atoms with van der Waals surface area (Å²) in [5.41, 5.74) is 0. The van der Waals surface area contributed by atoms with Crippen molar-refractivity contribution in [1.29, 1.82) is 0 Å². The fraction of sp³-hybridized carbons (Fsp3) is 1.00. The quantitative estimate of drug-likeness (QED) is 0.752. The van der Waals surface area contributed by atoms with E-state index in [1.807, 2.05) is 7.11 Å². The Hall–Kier alpha value is -0.0800. The lowest BCUT2D eigenvalue weighted by Crippen LogP contribution is -2.41. The lowest BCUT2D eigenvalue weighted by molar-refractivity contribution is 0.0772. The number of hydrogen-bond acceptors (Lipinski definition) is 2. The molecule has 0 radical (unpaired) electrons. The van der Waals surface area contributed by atoms with Crippen LogP contribution < -0.4 is 5.32 Å². The molecule has 4 atom stereocenters. The Labute approximate surface area is 101 Å². The third-order valence-corrected chi connectivity index (χ3v) is 4.37. The minimum Gasteiger partial charge on any atom is -0.382 e. The molecule has 4 unspecified atom stereocenters. The van der Waals surface area contributed by atoms with Gasteiger partial charge in [-0.15, -0.1) is 0 Å². The van der Waals surface area contributed by atoms with Gasteiger partial charge >= 0.3 is 0 Å². The highest BCUT2D eigenvalue weighted by molar-refractivity contribution is 4.85. The van der Waals surface area contributed by atoms with Gasteiger partial charge in [0.05, 0.1) is 6.10 Å². The topological polar surface area (TPSA) is 21.3 Å². The van der Waals surface area contributed by atoms with E-state index >= 15 is 0 Å². The average molecular weight is 227 g/mol. The molecular weight excluding hydrogens is 198 g/mol. The number of methoxy groups -OCH3 is 1. The molecule has 96 valence electrons. The molecule has 2 heteroatoms. The molecule has 1 aliphatic rings. The van der Waals surface area contributed by atoms with E-state index in [0.29, 0.717) is 12.1 Å². The number of rotatable bonds is 6. The molecule has 1 rings (SSSR count). The van der Waals surface area contributed by atoms with Gasteiger partial charge in [0.25, 0.3) is 0 Å². The van der Waals surface area contributed by atoms with E-state index < -0.39 is 0 Å². The molecule has 1 aliphatic carbocycles. The maximum absolute atomic E-state index is 5.40. The van der Waals surface area contributed by atoms with Gasteiger partial charge in [-0.2, -0.15) is 0 Å². The Kier molecular flexibility index (Phi) is 6.37. The zero-order chi connectivity index (χ0) is 12.0. The Morgan fingerprint density at radius 1 is 1.31 bits per heavy atom. The van der Waals surface area contributed by atoms with E-state index in [-0.39, 0.29) is 0 Å². The van der Waals surface area contributed by atoms with Crippen LogP contribution in [0.25, 0.3) is 0 Å². The van der Waals surface area contributed by atoms with E-state index in [1.165, 1.54) is 32.1 Å². The molecule has 0 amide bonds. The first-order valence-corrected chi connectivity index (χ1v) is 6.92. The summed E-state index contributed by atoms with van der Waals surface area (Å²) >= 11 is 0. The zero-order valence-electron chi connectivity index (χ0n) is 11.5. The molecule has 1 saturated carbocycles. The van der Waals surface area contributed by atoms with Crippen molar-refractivity contribution in [2.24, 2.45) is 11.8 Å². The second-order valence-corrected chi connectivity index (χ2v) is 5.29. The van der Waals surface area contributed by atoms with Crippen molar-refractivity contribution < 1.29 is 4.74 Å². The van der Waals surface area contributed by atoms with Gasteiger partial charge in [0, 0.05) is 13.2 Å². The molecule has 0 spiro atoms. The first kappa shape index (κ1) is 14.0. The van der Waals surface area contributed by atoms with Crippen LogP contribution in [0.2, 0.25) is 0 Å². The summed E-state index contributed by atoms with van der Waals surface area (Å²) in [5, 5.41) is 3.52. The van der Waals surface area contributed by atoms with E-state index in [1.54, 1.807) is 0 Å². The number of hydrogen-bond donors (Lipinski definition) is 1. The highest BCUT2D eigenvalue weighted by Crippen LogP contribution is 2.35. The van der Waals surface area contributed by atoms with Crippen molar-refractivity contribution >= 4 is 0 Å². The van der Waals surface area contributed by atoms with Crippen molar-refractivity contribution in [1.82, 2.24) is 5.32 Å². The molecule has 16 heavy (non-hydrogen) atoms. The molecule has 0 aromatic rings. The van der Waals surface area contributed by atoms with Crippen LogP contribution in [0.5, 0.6) is 0 Å². The fourth-order valence-electron chi connectivity index (χ4n) is 3.23. The van der Waals surface area contributed by atoms with Crippen LogP contribution in [0.4, 0.5) is 0 Å². The molecule has 2 nitrogen and oxygen atoms in total. The average Bonchev–Trinajstić information content (AvgIpc) is 2.35. The smallest absolute Gasteiger partial charge is 0.0558 e. The molecule has 0 saturated heterocycles. The van der Waals surface area contributed by atoms with Crippen molar-refractivity contribution in [2.75, 3.05) is 14.2 Å². The van der Waals surface area contributed by atoms with Gasteiger partial charge in [0.15, 0.2) is 0 Å².